The number of oxime groups is 1. The molecule has 0 aromatic heterocycles. The third-order valence-corrected chi connectivity index (χ3v) is 15.3. The number of likely N-dealkylation sites (N-methyl/N-ethyl adjacent to an activating group) is 1. The van der Waals surface area contributed by atoms with Crippen LogP contribution in [0.3, 0.4) is 0 Å². The van der Waals surface area contributed by atoms with E-state index in [2.05, 4.69) is 34.8 Å². The van der Waals surface area contributed by atoms with Crippen molar-refractivity contribution in [1.82, 2.24) is 15.5 Å². The van der Waals surface area contributed by atoms with Crippen LogP contribution in [-0.4, -0.2) is 154 Å². The maximum absolute atomic E-state index is 14.1. The van der Waals surface area contributed by atoms with E-state index < -0.39 is 102 Å². The number of fused-ring (bicyclic) bond motifs is 3. The minimum Gasteiger partial charge on any atom is -0.508 e. The Morgan fingerprint density at radius 2 is 1.54 bits per heavy atom. The summed E-state index contributed by atoms with van der Waals surface area (Å²) in [7, 11) is 3.24. The molecule has 1 amide bonds. The van der Waals surface area contributed by atoms with Crippen LogP contribution in [-0.2, 0) is 25.5 Å². The van der Waals surface area contributed by atoms with E-state index in [1.54, 1.807) is 25.1 Å². The molecular weight excluding hydrogens is 1070 g/mol. The number of aliphatic hydroxyl groups excluding tert-OH is 2. The molecule has 83 heavy (non-hydrogen) atoms. The summed E-state index contributed by atoms with van der Waals surface area (Å²) in [6.45, 7) is 4.17. The molecule has 1 aliphatic heterocycles. The summed E-state index contributed by atoms with van der Waals surface area (Å²) in [4.78, 5) is 62.0. The Kier molecular flexibility index (Phi) is 18.4. The van der Waals surface area contributed by atoms with Crippen LogP contribution < -0.4 is 20.1 Å². The van der Waals surface area contributed by atoms with Gasteiger partial charge in [0.25, 0.3) is 5.91 Å². The second-order valence-electron chi connectivity index (χ2n) is 20.6. The standard InChI is InChI=1S/C63H66N4O16/c1-5-42(37-10-7-6-8-11-37)52(38-15-19-40(69)20-16-38)39-17-21-41(22-18-39)80-26-24-67(3)25-27-81-66-32-36-14-23-47(70)44(28-36)62(77)65-34-64-46-29-51(82-35(2)57(46)72)83-49-31-63(78,50(71)33-68)30-45-54(49)61(76)56-55(59(45)74)58(73)43-12-9-13-48(79-4)53(43)60(56)75/h6-23,28,32,35,46,49,51,57,64,68-70,72,74,76,78H,5,24-27,29-31,33-34H2,1-4H3,(H,65,77)/b52-42+,66-32+/t35-,46-,49-,51-,57+,63-/m0/s1. The minimum absolute atomic E-state index is 0.0498. The van der Waals surface area contributed by atoms with E-state index in [0.717, 1.165) is 34.4 Å². The normalized spacial score (nSPS) is 20.5. The molecular formula is C63H66N4O16. The van der Waals surface area contributed by atoms with Crippen LogP contribution in [0.15, 0.2) is 120 Å². The first-order chi connectivity index (χ1) is 39.9. The number of allylic oxidation sites excluding steroid dienone is 1. The van der Waals surface area contributed by atoms with E-state index in [1.807, 2.05) is 66.5 Å². The summed E-state index contributed by atoms with van der Waals surface area (Å²) in [6, 6.07) is 33.3. The van der Waals surface area contributed by atoms with E-state index in [4.69, 9.17) is 23.8 Å². The number of phenols is 4. The van der Waals surface area contributed by atoms with Gasteiger partial charge < -0.3 is 64.8 Å². The molecule has 6 aromatic rings. The van der Waals surface area contributed by atoms with Gasteiger partial charge in [0.05, 0.1) is 60.6 Å². The Balaban J connectivity index is 0.770. The molecule has 0 bridgehead atoms. The first-order valence-electron chi connectivity index (χ1n) is 27.2. The molecule has 9 N–H and O–H groups in total. The summed E-state index contributed by atoms with van der Waals surface area (Å²) in [5, 5.41) is 86.8. The highest BCUT2D eigenvalue weighted by Crippen LogP contribution is 2.53. The average Bonchev–Trinajstić information content (AvgIpc) is 1.99. The van der Waals surface area contributed by atoms with Crippen molar-refractivity contribution >= 4 is 40.6 Å². The molecule has 6 aromatic carbocycles. The van der Waals surface area contributed by atoms with Gasteiger partial charge in [-0.05, 0) is 102 Å². The second kappa shape index (κ2) is 25.8. The number of methoxy groups -OCH3 is 1. The van der Waals surface area contributed by atoms with Crippen LogP contribution >= 0.6 is 0 Å². The lowest BCUT2D eigenvalue weighted by Crippen LogP contribution is -2.56. The Morgan fingerprint density at radius 3 is 2.24 bits per heavy atom. The van der Waals surface area contributed by atoms with E-state index in [1.165, 1.54) is 49.2 Å². The molecule has 3 aliphatic rings. The number of aromatic hydroxyl groups is 4. The molecule has 0 spiro atoms. The third-order valence-electron chi connectivity index (χ3n) is 15.3. The number of nitrogens with one attached hydrogen (secondary N) is 2. The molecule has 20 nitrogen and oxygen atoms in total. The molecule has 20 heteroatoms. The van der Waals surface area contributed by atoms with E-state index >= 15 is 0 Å². The fraction of sp³-hybridized carbons (Fsp3) is 0.317. The van der Waals surface area contributed by atoms with Crippen LogP contribution in [0.2, 0.25) is 0 Å². The topological polar surface area (TPSA) is 296 Å². The average molecular weight is 1140 g/mol. The van der Waals surface area contributed by atoms with Crippen molar-refractivity contribution < 1.29 is 78.7 Å². The number of hydrogen-bond acceptors (Lipinski definition) is 19. The number of hydrogen-bond donors (Lipinski definition) is 9. The number of Topliss-reactive ketones (excluding diaryl/α,β-unsaturated/α-hetero) is 1. The van der Waals surface area contributed by atoms with Crippen molar-refractivity contribution in [2.24, 2.45) is 5.16 Å². The van der Waals surface area contributed by atoms with E-state index in [0.29, 0.717) is 25.3 Å². The number of phenolic OH excluding ortho intramolecular Hbond substituents is 4. The summed E-state index contributed by atoms with van der Waals surface area (Å²) in [5.41, 5.74) is 1.66. The smallest absolute Gasteiger partial charge is 0.256 e. The lowest BCUT2D eigenvalue weighted by atomic mass is 9.72. The van der Waals surface area contributed by atoms with Crippen molar-refractivity contribution in [3.05, 3.63) is 176 Å². The SMILES string of the molecule is CC/C(=C(/c1ccc(O)cc1)c1ccc(OCCN(C)CCO/N=C/c2ccc(O)c(C(=O)NCN[C@H]3C[C@H](O[C@H]4C[C@](O)(C(=O)CO)Cc5c(O)c6c(c(O)c54)C(=O)c4c(OC)cccc4C6=O)O[C@@H](C)[C@H]3O)c2)cc1)c1ccccc1. The molecule has 0 saturated carbocycles. The van der Waals surface area contributed by atoms with Gasteiger partial charge in [-0.3, -0.25) is 29.4 Å². The monoisotopic (exact) mass is 1130 g/mol. The Morgan fingerprint density at radius 1 is 0.843 bits per heavy atom. The molecule has 1 heterocycles. The zero-order valence-corrected chi connectivity index (χ0v) is 46.2. The third kappa shape index (κ3) is 12.6. The summed E-state index contributed by atoms with van der Waals surface area (Å²) in [6.07, 6.45) is -3.96. The maximum atomic E-state index is 14.1. The molecule has 9 rings (SSSR count). The van der Waals surface area contributed by atoms with Gasteiger partial charge in [-0.25, -0.2) is 0 Å². The molecule has 0 unspecified atom stereocenters. The zero-order valence-electron chi connectivity index (χ0n) is 46.2. The van der Waals surface area contributed by atoms with Crippen molar-refractivity contribution in [1.29, 1.82) is 0 Å². The number of carbonyl (C=O) groups excluding carboxylic acids is 4. The molecule has 6 atom stereocenters. The van der Waals surface area contributed by atoms with Gasteiger partial charge in [0.1, 0.15) is 59.9 Å². The van der Waals surface area contributed by atoms with Gasteiger partial charge in [-0.2, -0.15) is 0 Å². The van der Waals surface area contributed by atoms with E-state index in [-0.39, 0.29) is 64.8 Å². The highest BCUT2D eigenvalue weighted by atomic mass is 16.7. The summed E-state index contributed by atoms with van der Waals surface area (Å²) < 4.78 is 23.8. The predicted molar refractivity (Wildman–Crippen MR) is 305 cm³/mol. The first kappa shape index (κ1) is 59.2. The number of amides is 1. The lowest BCUT2D eigenvalue weighted by molar-refractivity contribution is -0.249. The van der Waals surface area contributed by atoms with Gasteiger partial charge in [0.15, 0.2) is 17.9 Å². The lowest BCUT2D eigenvalue weighted by Gasteiger charge is -2.43. The van der Waals surface area contributed by atoms with Crippen LogP contribution in [0, 0.1) is 0 Å². The number of rotatable bonds is 22. The number of benzene rings is 6. The Bertz CT molecular complexity index is 3440. The Hall–Kier alpha value is -8.47. The number of aliphatic hydroxyl groups is 3. The highest BCUT2D eigenvalue weighted by molar-refractivity contribution is 6.31. The van der Waals surface area contributed by atoms with Gasteiger partial charge in [-0.1, -0.05) is 78.8 Å². The molecule has 0 radical (unpaired) electrons. The van der Waals surface area contributed by atoms with Gasteiger partial charge >= 0.3 is 0 Å². The van der Waals surface area contributed by atoms with Crippen molar-refractivity contribution in [2.45, 2.75) is 75.8 Å². The number of ether oxygens (including phenoxy) is 4. The van der Waals surface area contributed by atoms with Crippen LogP contribution in [0.1, 0.15) is 115 Å². The number of carbonyl (C=O) groups is 4. The first-order valence-corrected chi connectivity index (χ1v) is 27.2. The minimum atomic E-state index is -2.37. The number of nitrogens with zero attached hydrogens (tertiary/aromatic N) is 2. The summed E-state index contributed by atoms with van der Waals surface area (Å²) >= 11 is 0. The van der Waals surface area contributed by atoms with Crippen LogP contribution in [0.4, 0.5) is 0 Å². The van der Waals surface area contributed by atoms with Gasteiger partial charge in [-0.15, -0.1) is 0 Å². The fourth-order valence-electron chi connectivity index (χ4n) is 10.9. The largest absolute Gasteiger partial charge is 0.508 e. The second-order valence-corrected chi connectivity index (χ2v) is 20.6. The quantitative estimate of drug-likeness (QED) is 0.00917. The van der Waals surface area contributed by atoms with Crippen LogP contribution in [0.5, 0.6) is 34.5 Å². The summed E-state index contributed by atoms with van der Waals surface area (Å²) in [5.74, 6) is -4.19. The highest BCUT2D eigenvalue weighted by Gasteiger charge is 2.50. The molecule has 2 aliphatic carbocycles. The zero-order chi connectivity index (χ0) is 59.1. The Labute approximate surface area is 478 Å². The fourth-order valence-corrected chi connectivity index (χ4v) is 10.9. The van der Waals surface area contributed by atoms with Crippen LogP contribution in [0.25, 0.3) is 11.1 Å². The van der Waals surface area contributed by atoms with Crippen molar-refractivity contribution in [3.63, 3.8) is 0 Å². The molecule has 434 valence electrons. The maximum Gasteiger partial charge on any atom is 0.256 e. The molecule has 1 fully saturated rings. The van der Waals surface area contributed by atoms with Crippen molar-refractivity contribution in [3.8, 4) is 34.5 Å². The van der Waals surface area contributed by atoms with Gasteiger partial charge in [0, 0.05) is 55.1 Å². The number of ketones is 3. The van der Waals surface area contributed by atoms with E-state index in [9.17, 15) is 54.9 Å². The molecule has 1 saturated heterocycles. The van der Waals surface area contributed by atoms with Gasteiger partial charge in [0.2, 0.25) is 5.78 Å². The van der Waals surface area contributed by atoms with Crippen molar-refractivity contribution in [2.75, 3.05) is 53.7 Å². The predicted octanol–water partition coefficient (Wildman–Crippen LogP) is 6.16.